The minimum absolute atomic E-state index is 0.438. The van der Waals surface area contributed by atoms with Crippen molar-refractivity contribution in [3.05, 3.63) is 28.8 Å². The van der Waals surface area contributed by atoms with E-state index in [1.165, 1.54) is 44.3 Å². The molecular weight excluding hydrogens is 248 g/mol. The average Bonchev–Trinajstić information content (AvgIpc) is 2.89. The first-order valence-electron chi connectivity index (χ1n) is 7.90. The molecule has 20 heavy (non-hydrogen) atoms. The Morgan fingerprint density at radius 3 is 2.70 bits per heavy atom. The number of nitrogens with zero attached hydrogens (tertiary/aromatic N) is 1. The van der Waals surface area contributed by atoms with Crippen molar-refractivity contribution in [3.8, 4) is 5.75 Å². The Bertz CT molecular complexity index is 463. The third-order valence-corrected chi connectivity index (χ3v) is 4.97. The second kappa shape index (κ2) is 5.74. The molecule has 2 heterocycles. The van der Waals surface area contributed by atoms with Crippen LogP contribution in [0.25, 0.3) is 0 Å². The Morgan fingerprint density at radius 1 is 1.20 bits per heavy atom. The van der Waals surface area contributed by atoms with Gasteiger partial charge in [-0.05, 0) is 69.3 Å². The third kappa shape index (κ3) is 2.84. The minimum atomic E-state index is 0.438. The summed E-state index contributed by atoms with van der Waals surface area (Å²) in [5.74, 6) is 0.438. The number of aryl methyl sites for hydroxylation is 2. The van der Waals surface area contributed by atoms with Crippen LogP contribution in [-0.2, 0) is 6.54 Å². The fourth-order valence-electron chi connectivity index (χ4n) is 3.82. The van der Waals surface area contributed by atoms with Crippen LogP contribution in [0.1, 0.15) is 42.4 Å². The van der Waals surface area contributed by atoms with Crippen molar-refractivity contribution in [1.29, 1.82) is 0 Å². The standard InChI is InChI=1S/C17H26N2O/c1-12-8-14(9-13(2)17(12)20)11-18-15-5-7-19-6-3-4-16(19)10-15/h8-9,15-16,18,20H,3-7,10-11H2,1-2H3. The summed E-state index contributed by atoms with van der Waals surface area (Å²) in [4.78, 5) is 2.66. The molecule has 3 rings (SSSR count). The molecule has 2 atom stereocenters. The zero-order chi connectivity index (χ0) is 14.1. The van der Waals surface area contributed by atoms with Crippen LogP contribution in [0.5, 0.6) is 5.75 Å². The second-order valence-electron chi connectivity index (χ2n) is 6.51. The topological polar surface area (TPSA) is 35.5 Å². The average molecular weight is 274 g/mol. The number of hydrogen-bond acceptors (Lipinski definition) is 3. The zero-order valence-corrected chi connectivity index (χ0v) is 12.7. The maximum Gasteiger partial charge on any atom is 0.121 e. The van der Waals surface area contributed by atoms with Crippen LogP contribution in [0.4, 0.5) is 0 Å². The zero-order valence-electron chi connectivity index (χ0n) is 12.7. The van der Waals surface area contributed by atoms with E-state index in [1.54, 1.807) is 0 Å². The van der Waals surface area contributed by atoms with Gasteiger partial charge in [-0.1, -0.05) is 12.1 Å². The molecule has 2 aliphatic heterocycles. The molecule has 3 heteroatoms. The van der Waals surface area contributed by atoms with Gasteiger partial charge in [-0.3, -0.25) is 0 Å². The largest absolute Gasteiger partial charge is 0.507 e. The number of benzene rings is 1. The molecule has 1 aromatic carbocycles. The second-order valence-corrected chi connectivity index (χ2v) is 6.51. The summed E-state index contributed by atoms with van der Waals surface area (Å²) in [7, 11) is 0. The molecule has 1 aromatic rings. The molecule has 110 valence electrons. The highest BCUT2D eigenvalue weighted by Crippen LogP contribution is 2.27. The van der Waals surface area contributed by atoms with Gasteiger partial charge in [0.25, 0.3) is 0 Å². The molecule has 0 spiro atoms. The first kappa shape index (κ1) is 13.9. The number of phenolic OH excluding ortho intramolecular Hbond substituents is 1. The van der Waals surface area contributed by atoms with E-state index in [2.05, 4.69) is 22.3 Å². The van der Waals surface area contributed by atoms with Crippen molar-refractivity contribution < 1.29 is 5.11 Å². The maximum absolute atomic E-state index is 9.82. The number of aromatic hydroxyl groups is 1. The number of hydrogen-bond donors (Lipinski definition) is 2. The van der Waals surface area contributed by atoms with E-state index in [0.717, 1.165) is 23.7 Å². The SMILES string of the molecule is Cc1cc(CNC2CCN3CCCC3C2)cc(C)c1O. The van der Waals surface area contributed by atoms with E-state index in [4.69, 9.17) is 0 Å². The third-order valence-electron chi connectivity index (χ3n) is 4.97. The lowest BCUT2D eigenvalue weighted by Crippen LogP contribution is -2.45. The van der Waals surface area contributed by atoms with Gasteiger partial charge < -0.3 is 15.3 Å². The molecule has 0 bridgehead atoms. The maximum atomic E-state index is 9.82. The lowest BCUT2D eigenvalue weighted by atomic mass is 9.97. The van der Waals surface area contributed by atoms with E-state index in [0.29, 0.717) is 11.8 Å². The molecule has 0 saturated carbocycles. The summed E-state index contributed by atoms with van der Waals surface area (Å²) in [5, 5.41) is 13.5. The van der Waals surface area contributed by atoms with Crippen LogP contribution in [0, 0.1) is 13.8 Å². The van der Waals surface area contributed by atoms with Crippen molar-refractivity contribution in [2.24, 2.45) is 0 Å². The summed E-state index contributed by atoms with van der Waals surface area (Å²) in [5.41, 5.74) is 3.24. The van der Waals surface area contributed by atoms with E-state index in [9.17, 15) is 5.11 Å². The monoisotopic (exact) mass is 274 g/mol. The van der Waals surface area contributed by atoms with Crippen LogP contribution in [-0.4, -0.2) is 35.2 Å². The summed E-state index contributed by atoms with van der Waals surface area (Å²) in [6.45, 7) is 7.44. The molecule has 2 saturated heterocycles. The van der Waals surface area contributed by atoms with Gasteiger partial charge in [-0.25, -0.2) is 0 Å². The van der Waals surface area contributed by atoms with Gasteiger partial charge in [0.2, 0.25) is 0 Å². The van der Waals surface area contributed by atoms with Gasteiger partial charge in [0.05, 0.1) is 0 Å². The van der Waals surface area contributed by atoms with Gasteiger partial charge in [-0.15, -0.1) is 0 Å². The van der Waals surface area contributed by atoms with E-state index in [-0.39, 0.29) is 0 Å². The lowest BCUT2D eigenvalue weighted by molar-refractivity contribution is 0.166. The predicted molar refractivity (Wildman–Crippen MR) is 82.0 cm³/mol. The summed E-state index contributed by atoms with van der Waals surface area (Å²) < 4.78 is 0. The van der Waals surface area contributed by atoms with Crippen LogP contribution >= 0.6 is 0 Å². The van der Waals surface area contributed by atoms with Crippen LogP contribution in [0.3, 0.4) is 0 Å². The van der Waals surface area contributed by atoms with Crippen molar-refractivity contribution in [2.75, 3.05) is 13.1 Å². The van der Waals surface area contributed by atoms with Gasteiger partial charge in [0.15, 0.2) is 0 Å². The quantitative estimate of drug-likeness (QED) is 0.889. The molecule has 2 aliphatic rings. The van der Waals surface area contributed by atoms with Crippen molar-refractivity contribution in [2.45, 2.75) is 58.2 Å². The Balaban J connectivity index is 1.57. The highest BCUT2D eigenvalue weighted by atomic mass is 16.3. The summed E-state index contributed by atoms with van der Waals surface area (Å²) in [6.07, 6.45) is 5.34. The lowest BCUT2D eigenvalue weighted by Gasteiger charge is -2.35. The molecule has 3 nitrogen and oxygen atoms in total. The van der Waals surface area contributed by atoms with E-state index in [1.807, 2.05) is 13.8 Å². The molecule has 2 N–H and O–H groups in total. The van der Waals surface area contributed by atoms with Crippen molar-refractivity contribution in [3.63, 3.8) is 0 Å². The normalized spacial score (nSPS) is 26.7. The summed E-state index contributed by atoms with van der Waals surface area (Å²) >= 11 is 0. The molecular formula is C17H26N2O. The van der Waals surface area contributed by atoms with Crippen LogP contribution < -0.4 is 5.32 Å². The van der Waals surface area contributed by atoms with Gasteiger partial charge in [0, 0.05) is 18.6 Å². The van der Waals surface area contributed by atoms with Crippen molar-refractivity contribution in [1.82, 2.24) is 10.2 Å². The number of piperidine rings is 1. The molecule has 0 radical (unpaired) electrons. The van der Waals surface area contributed by atoms with Crippen LogP contribution in [0.15, 0.2) is 12.1 Å². The van der Waals surface area contributed by atoms with Crippen molar-refractivity contribution >= 4 is 0 Å². The fourth-order valence-corrected chi connectivity index (χ4v) is 3.82. The Labute approximate surface area is 122 Å². The van der Waals surface area contributed by atoms with E-state index >= 15 is 0 Å². The summed E-state index contributed by atoms with van der Waals surface area (Å²) in [6, 6.07) is 5.67. The number of rotatable bonds is 3. The number of nitrogens with one attached hydrogen (secondary N) is 1. The molecule has 2 fully saturated rings. The predicted octanol–water partition coefficient (Wildman–Crippen LogP) is 2.73. The van der Waals surface area contributed by atoms with E-state index < -0.39 is 0 Å². The molecule has 0 aromatic heterocycles. The van der Waals surface area contributed by atoms with Gasteiger partial charge >= 0.3 is 0 Å². The first-order chi connectivity index (χ1) is 9.63. The molecule has 0 amide bonds. The highest BCUT2D eigenvalue weighted by molar-refractivity contribution is 5.42. The number of phenols is 1. The smallest absolute Gasteiger partial charge is 0.121 e. The van der Waals surface area contributed by atoms with Gasteiger partial charge in [-0.2, -0.15) is 0 Å². The Kier molecular flexibility index (Phi) is 3.99. The Hall–Kier alpha value is -1.06. The van der Waals surface area contributed by atoms with Gasteiger partial charge in [0.1, 0.15) is 5.75 Å². The number of fused-ring (bicyclic) bond motifs is 1. The fraction of sp³-hybridized carbons (Fsp3) is 0.647. The first-order valence-corrected chi connectivity index (χ1v) is 7.90. The van der Waals surface area contributed by atoms with Crippen LogP contribution in [0.2, 0.25) is 0 Å². The molecule has 0 aliphatic carbocycles. The minimum Gasteiger partial charge on any atom is -0.507 e. The highest BCUT2D eigenvalue weighted by Gasteiger charge is 2.31. The Morgan fingerprint density at radius 2 is 1.95 bits per heavy atom. The molecule has 2 unspecified atom stereocenters.